The van der Waals surface area contributed by atoms with Gasteiger partial charge < -0.3 is 14.7 Å². The van der Waals surface area contributed by atoms with Crippen LogP contribution in [0.2, 0.25) is 0 Å². The van der Waals surface area contributed by atoms with E-state index < -0.39 is 12.1 Å². The third-order valence-electron chi connectivity index (χ3n) is 3.59. The van der Waals surface area contributed by atoms with E-state index in [9.17, 15) is 9.59 Å². The van der Waals surface area contributed by atoms with E-state index in [-0.39, 0.29) is 24.6 Å². The van der Waals surface area contributed by atoms with Crippen LogP contribution in [0.4, 0.5) is 0 Å². The number of hydrogen-bond acceptors (Lipinski definition) is 4. The maximum atomic E-state index is 12.6. The number of nitrogens with zero attached hydrogens (tertiary/aromatic N) is 3. The van der Waals surface area contributed by atoms with Gasteiger partial charge in [0.05, 0.1) is 24.4 Å². The summed E-state index contributed by atoms with van der Waals surface area (Å²) in [6, 6.07) is 0.168. The minimum Gasteiger partial charge on any atom is -0.479 e. The van der Waals surface area contributed by atoms with Gasteiger partial charge in [0.25, 0.3) is 5.91 Å². The summed E-state index contributed by atoms with van der Waals surface area (Å²) in [4.78, 5) is 25.2. The van der Waals surface area contributed by atoms with E-state index in [1.807, 2.05) is 20.8 Å². The number of morpholine rings is 1. The van der Waals surface area contributed by atoms with E-state index in [4.69, 9.17) is 9.84 Å². The highest BCUT2D eigenvalue weighted by Gasteiger charge is 2.34. The first-order valence-corrected chi connectivity index (χ1v) is 7.03. The Bertz CT molecular complexity index is 552. The molecule has 2 rings (SSSR count). The van der Waals surface area contributed by atoms with E-state index in [0.717, 1.165) is 5.69 Å². The van der Waals surface area contributed by atoms with E-state index >= 15 is 0 Å². The fourth-order valence-electron chi connectivity index (χ4n) is 2.58. The molecule has 1 aliphatic rings. The highest BCUT2D eigenvalue weighted by atomic mass is 16.5. The zero-order valence-electron chi connectivity index (χ0n) is 12.7. The molecular weight excluding hydrogens is 274 g/mol. The number of amides is 1. The number of aliphatic carboxylic acids is 1. The van der Waals surface area contributed by atoms with Crippen molar-refractivity contribution >= 4 is 11.9 Å². The fourth-order valence-corrected chi connectivity index (χ4v) is 2.58. The molecule has 1 aromatic rings. The molecule has 7 heteroatoms. The first-order valence-electron chi connectivity index (χ1n) is 7.03. The predicted octanol–water partition coefficient (Wildman–Crippen LogP) is 1.09. The number of carbonyl (C=O) groups excluding carboxylic acids is 1. The fraction of sp³-hybridized carbons (Fsp3) is 0.643. The molecule has 0 radical (unpaired) electrons. The van der Waals surface area contributed by atoms with Crippen molar-refractivity contribution in [1.82, 2.24) is 14.7 Å². The Kier molecular flexibility index (Phi) is 4.32. The lowest BCUT2D eigenvalue weighted by molar-refractivity contribution is -0.160. The number of carbonyl (C=O) groups is 2. The van der Waals surface area contributed by atoms with Crippen LogP contribution in [0.15, 0.2) is 6.20 Å². The summed E-state index contributed by atoms with van der Waals surface area (Å²) in [5.74, 6) is -1.24. The lowest BCUT2D eigenvalue weighted by atomic mass is 10.1. The molecule has 21 heavy (non-hydrogen) atoms. The molecule has 1 unspecified atom stereocenters. The highest BCUT2D eigenvalue weighted by molar-refractivity contribution is 5.95. The number of rotatable bonds is 3. The molecule has 0 aliphatic carbocycles. The van der Waals surface area contributed by atoms with Gasteiger partial charge in [-0.1, -0.05) is 0 Å². The van der Waals surface area contributed by atoms with Gasteiger partial charge in [-0.25, -0.2) is 4.79 Å². The number of carboxylic acids is 1. The van der Waals surface area contributed by atoms with Gasteiger partial charge in [-0.3, -0.25) is 9.48 Å². The summed E-state index contributed by atoms with van der Waals surface area (Å²) in [6.45, 7) is 8.04. The lowest BCUT2D eigenvalue weighted by Crippen LogP contribution is -2.51. The van der Waals surface area contributed by atoms with E-state index in [1.54, 1.807) is 17.8 Å². The van der Waals surface area contributed by atoms with Crippen LogP contribution >= 0.6 is 0 Å². The van der Waals surface area contributed by atoms with E-state index in [0.29, 0.717) is 12.1 Å². The molecule has 1 aliphatic heterocycles. The number of carboxylic acid groups (broad SMARTS) is 1. The van der Waals surface area contributed by atoms with Crippen LogP contribution in [0.3, 0.4) is 0 Å². The molecule has 0 saturated carbocycles. The first kappa shape index (κ1) is 15.5. The van der Waals surface area contributed by atoms with Gasteiger partial charge in [-0.2, -0.15) is 5.10 Å². The van der Waals surface area contributed by atoms with Gasteiger partial charge in [0.2, 0.25) is 0 Å². The highest BCUT2D eigenvalue weighted by Crippen LogP contribution is 2.18. The number of hydrogen-bond donors (Lipinski definition) is 1. The number of ether oxygens (including phenoxy) is 1. The van der Waals surface area contributed by atoms with E-state index in [2.05, 4.69) is 5.10 Å². The first-order chi connectivity index (χ1) is 9.81. The zero-order valence-corrected chi connectivity index (χ0v) is 12.7. The van der Waals surface area contributed by atoms with E-state index in [1.165, 1.54) is 4.90 Å². The summed E-state index contributed by atoms with van der Waals surface area (Å²) >= 11 is 0. The van der Waals surface area contributed by atoms with Crippen LogP contribution < -0.4 is 0 Å². The molecule has 0 spiro atoms. The third-order valence-corrected chi connectivity index (χ3v) is 3.59. The second-order valence-corrected chi connectivity index (χ2v) is 5.67. The topological polar surface area (TPSA) is 84.7 Å². The monoisotopic (exact) mass is 295 g/mol. The van der Waals surface area contributed by atoms with Gasteiger partial charge in [-0.15, -0.1) is 0 Å². The average molecular weight is 295 g/mol. The van der Waals surface area contributed by atoms with Crippen molar-refractivity contribution in [1.29, 1.82) is 0 Å². The van der Waals surface area contributed by atoms with Crippen LogP contribution in [0.25, 0.3) is 0 Å². The predicted molar refractivity (Wildman–Crippen MR) is 75.2 cm³/mol. The van der Waals surface area contributed by atoms with Crippen LogP contribution in [-0.2, 0) is 9.53 Å². The van der Waals surface area contributed by atoms with Crippen LogP contribution in [0.5, 0.6) is 0 Å². The molecule has 1 saturated heterocycles. The third kappa shape index (κ3) is 3.07. The second-order valence-electron chi connectivity index (χ2n) is 5.67. The van der Waals surface area contributed by atoms with Crippen molar-refractivity contribution in [2.45, 2.75) is 45.9 Å². The van der Waals surface area contributed by atoms with Gasteiger partial charge >= 0.3 is 5.97 Å². The van der Waals surface area contributed by atoms with Crippen LogP contribution in [-0.4, -0.2) is 57.0 Å². The molecule has 2 heterocycles. The SMILES string of the molecule is Cc1c(C(=O)N2CC(C(=O)O)O[C@H](C)C2)cnn1C(C)C. The van der Waals surface area contributed by atoms with Gasteiger partial charge in [0.1, 0.15) is 0 Å². The molecule has 7 nitrogen and oxygen atoms in total. The van der Waals surface area contributed by atoms with Crippen molar-refractivity contribution in [3.8, 4) is 0 Å². The summed E-state index contributed by atoms with van der Waals surface area (Å²) < 4.78 is 7.11. The summed E-state index contributed by atoms with van der Waals surface area (Å²) in [5.41, 5.74) is 1.31. The summed E-state index contributed by atoms with van der Waals surface area (Å²) in [6.07, 6.45) is 0.274. The second kappa shape index (κ2) is 5.85. The Morgan fingerprint density at radius 1 is 1.43 bits per heavy atom. The quantitative estimate of drug-likeness (QED) is 0.902. The Morgan fingerprint density at radius 2 is 2.10 bits per heavy atom. The minimum absolute atomic E-state index is 0.0603. The maximum absolute atomic E-state index is 12.6. The molecule has 1 aromatic heterocycles. The Labute approximate surface area is 123 Å². The molecule has 2 atom stereocenters. The Morgan fingerprint density at radius 3 is 2.62 bits per heavy atom. The Balaban J connectivity index is 2.21. The molecule has 116 valence electrons. The smallest absolute Gasteiger partial charge is 0.334 e. The molecule has 0 bridgehead atoms. The largest absolute Gasteiger partial charge is 0.479 e. The van der Waals surface area contributed by atoms with Crippen molar-refractivity contribution in [3.63, 3.8) is 0 Å². The summed E-state index contributed by atoms with van der Waals surface area (Å²) in [5, 5.41) is 13.3. The molecular formula is C14H21N3O4. The normalized spacial score (nSPS) is 22.6. The zero-order chi connectivity index (χ0) is 15.7. The standard InChI is InChI=1S/C14H21N3O4/c1-8(2)17-10(4)11(5-15-17)13(18)16-6-9(3)21-12(7-16)14(19)20/h5,8-9,12H,6-7H2,1-4H3,(H,19,20)/t9-,12?/m1/s1. The minimum atomic E-state index is -1.05. The Hall–Kier alpha value is -1.89. The van der Waals surface area contributed by atoms with Crippen molar-refractivity contribution in [2.24, 2.45) is 0 Å². The van der Waals surface area contributed by atoms with Gasteiger partial charge in [0, 0.05) is 18.3 Å². The molecule has 1 N–H and O–H groups in total. The summed E-state index contributed by atoms with van der Waals surface area (Å²) in [7, 11) is 0. The molecule has 1 fully saturated rings. The van der Waals surface area contributed by atoms with Crippen LogP contribution in [0, 0.1) is 6.92 Å². The van der Waals surface area contributed by atoms with Gasteiger partial charge in [0.15, 0.2) is 6.10 Å². The van der Waals surface area contributed by atoms with Crippen LogP contribution in [0.1, 0.15) is 42.9 Å². The van der Waals surface area contributed by atoms with Crippen molar-refractivity contribution in [2.75, 3.05) is 13.1 Å². The van der Waals surface area contributed by atoms with Crippen molar-refractivity contribution in [3.05, 3.63) is 17.5 Å². The average Bonchev–Trinajstić information content (AvgIpc) is 2.79. The molecule has 0 aromatic carbocycles. The lowest BCUT2D eigenvalue weighted by Gasteiger charge is -2.34. The molecule has 1 amide bonds. The maximum Gasteiger partial charge on any atom is 0.334 e. The number of aromatic nitrogens is 2. The van der Waals surface area contributed by atoms with Crippen molar-refractivity contribution < 1.29 is 19.4 Å². The van der Waals surface area contributed by atoms with Gasteiger partial charge in [-0.05, 0) is 27.7 Å².